The maximum Gasteiger partial charge on any atom is 0.308 e. The lowest BCUT2D eigenvalue weighted by molar-refractivity contribution is -0.145. The van der Waals surface area contributed by atoms with Gasteiger partial charge in [-0.15, -0.1) is 0 Å². The zero-order valence-corrected chi connectivity index (χ0v) is 12.0. The van der Waals surface area contributed by atoms with Crippen molar-refractivity contribution < 1.29 is 14.7 Å². The van der Waals surface area contributed by atoms with Crippen molar-refractivity contribution >= 4 is 11.9 Å². The molecular formula is C16H21NO3. The summed E-state index contributed by atoms with van der Waals surface area (Å²) >= 11 is 0. The first-order chi connectivity index (χ1) is 9.47. The molecule has 1 N–H and O–H groups in total. The van der Waals surface area contributed by atoms with Crippen LogP contribution in [0.2, 0.25) is 0 Å². The lowest BCUT2D eigenvalue weighted by Gasteiger charge is -2.43. The number of nitrogens with zero attached hydrogens (tertiary/aromatic N) is 1. The Hall–Kier alpha value is -1.84. The van der Waals surface area contributed by atoms with Gasteiger partial charge in [0.25, 0.3) is 0 Å². The predicted molar refractivity (Wildman–Crippen MR) is 76.4 cm³/mol. The van der Waals surface area contributed by atoms with Crippen LogP contribution >= 0.6 is 0 Å². The summed E-state index contributed by atoms with van der Waals surface area (Å²) in [5.41, 5.74) is 0.611. The Kier molecular flexibility index (Phi) is 4.12. The van der Waals surface area contributed by atoms with E-state index in [-0.39, 0.29) is 12.5 Å². The molecule has 1 amide bonds. The van der Waals surface area contributed by atoms with Gasteiger partial charge in [-0.3, -0.25) is 9.59 Å². The van der Waals surface area contributed by atoms with Gasteiger partial charge in [-0.1, -0.05) is 43.7 Å². The van der Waals surface area contributed by atoms with Gasteiger partial charge in [0.2, 0.25) is 5.91 Å². The molecule has 0 saturated heterocycles. The molecule has 1 atom stereocenters. The number of hydrogen-bond acceptors (Lipinski definition) is 2. The van der Waals surface area contributed by atoms with Crippen LogP contribution in [0.15, 0.2) is 30.3 Å². The van der Waals surface area contributed by atoms with Crippen LogP contribution in [0.5, 0.6) is 0 Å². The predicted octanol–water partition coefficient (Wildman–Crippen LogP) is 2.29. The maximum atomic E-state index is 12.7. The van der Waals surface area contributed by atoms with Gasteiger partial charge in [-0.25, -0.2) is 0 Å². The van der Waals surface area contributed by atoms with E-state index in [4.69, 9.17) is 5.11 Å². The number of benzene rings is 1. The molecule has 4 nitrogen and oxygen atoms in total. The van der Waals surface area contributed by atoms with E-state index < -0.39 is 17.3 Å². The van der Waals surface area contributed by atoms with E-state index in [9.17, 15) is 9.59 Å². The molecule has 1 aliphatic rings. The number of carboxylic acids is 1. The van der Waals surface area contributed by atoms with Crippen molar-refractivity contribution in [3.05, 3.63) is 35.9 Å². The van der Waals surface area contributed by atoms with Gasteiger partial charge < -0.3 is 10.0 Å². The van der Waals surface area contributed by atoms with Gasteiger partial charge >= 0.3 is 5.97 Å². The standard InChI is InChI=1S/C16H21NO3/c1-12(14(18)19)11-17(2)15(20)16(9-6-10-16)13-7-4-3-5-8-13/h3-5,7-8,12H,6,9-11H2,1-2H3,(H,18,19). The average molecular weight is 275 g/mol. The van der Waals surface area contributed by atoms with Gasteiger partial charge in [0.15, 0.2) is 0 Å². The Balaban J connectivity index is 2.16. The van der Waals surface area contributed by atoms with E-state index in [1.807, 2.05) is 30.3 Å². The summed E-state index contributed by atoms with van der Waals surface area (Å²) in [6.07, 6.45) is 2.74. The van der Waals surface area contributed by atoms with E-state index in [1.165, 1.54) is 0 Å². The number of hydrogen-bond donors (Lipinski definition) is 1. The largest absolute Gasteiger partial charge is 0.481 e. The lowest BCUT2D eigenvalue weighted by Crippen LogP contribution is -2.51. The first-order valence-corrected chi connectivity index (χ1v) is 7.01. The van der Waals surface area contributed by atoms with Crippen LogP contribution in [-0.2, 0) is 15.0 Å². The summed E-state index contributed by atoms with van der Waals surface area (Å²) in [5, 5.41) is 8.97. The van der Waals surface area contributed by atoms with Gasteiger partial charge in [-0.05, 0) is 18.4 Å². The Labute approximate surface area is 119 Å². The van der Waals surface area contributed by atoms with Crippen LogP contribution in [0.25, 0.3) is 0 Å². The molecule has 0 heterocycles. The molecule has 1 fully saturated rings. The molecule has 0 radical (unpaired) electrons. The minimum absolute atomic E-state index is 0.0445. The van der Waals surface area contributed by atoms with Crippen molar-refractivity contribution in [2.45, 2.75) is 31.6 Å². The first kappa shape index (κ1) is 14.6. The topological polar surface area (TPSA) is 57.6 Å². The fourth-order valence-electron chi connectivity index (χ4n) is 2.85. The molecule has 20 heavy (non-hydrogen) atoms. The smallest absolute Gasteiger partial charge is 0.308 e. The third-order valence-corrected chi connectivity index (χ3v) is 4.26. The third kappa shape index (κ3) is 2.55. The van der Waals surface area contributed by atoms with Gasteiger partial charge in [0, 0.05) is 13.6 Å². The van der Waals surface area contributed by atoms with Crippen molar-refractivity contribution in [1.82, 2.24) is 4.90 Å². The monoisotopic (exact) mass is 275 g/mol. The molecule has 0 spiro atoms. The molecule has 1 aromatic rings. The van der Waals surface area contributed by atoms with Crippen molar-refractivity contribution in [2.24, 2.45) is 5.92 Å². The van der Waals surface area contributed by atoms with Crippen LogP contribution in [-0.4, -0.2) is 35.5 Å². The molecule has 0 bridgehead atoms. The second kappa shape index (κ2) is 5.65. The second-order valence-electron chi connectivity index (χ2n) is 5.73. The highest BCUT2D eigenvalue weighted by Gasteiger charge is 2.47. The van der Waals surface area contributed by atoms with Crippen LogP contribution in [0.1, 0.15) is 31.7 Å². The number of aliphatic carboxylic acids is 1. The summed E-state index contributed by atoms with van der Waals surface area (Å²) in [7, 11) is 1.70. The Morgan fingerprint density at radius 3 is 2.35 bits per heavy atom. The van der Waals surface area contributed by atoms with E-state index in [0.29, 0.717) is 0 Å². The number of carbonyl (C=O) groups is 2. The fourth-order valence-corrected chi connectivity index (χ4v) is 2.85. The van der Waals surface area contributed by atoms with E-state index in [2.05, 4.69) is 0 Å². The molecule has 0 aromatic heterocycles. The second-order valence-corrected chi connectivity index (χ2v) is 5.73. The van der Waals surface area contributed by atoms with Gasteiger partial charge in [-0.2, -0.15) is 0 Å². The number of amides is 1. The first-order valence-electron chi connectivity index (χ1n) is 7.01. The Bertz CT molecular complexity index is 494. The summed E-state index contributed by atoms with van der Waals surface area (Å²) in [5.74, 6) is -1.37. The molecular weight excluding hydrogens is 254 g/mol. The number of carboxylic acid groups (broad SMARTS) is 1. The molecule has 2 rings (SSSR count). The van der Waals surface area contributed by atoms with E-state index >= 15 is 0 Å². The fraction of sp³-hybridized carbons (Fsp3) is 0.500. The maximum absolute atomic E-state index is 12.7. The van der Waals surface area contributed by atoms with Crippen LogP contribution in [0, 0.1) is 5.92 Å². The minimum atomic E-state index is -0.868. The molecule has 1 unspecified atom stereocenters. The molecule has 0 aliphatic heterocycles. The van der Waals surface area contributed by atoms with E-state index in [0.717, 1.165) is 24.8 Å². The van der Waals surface area contributed by atoms with Gasteiger partial charge in [0.05, 0.1) is 11.3 Å². The summed E-state index contributed by atoms with van der Waals surface area (Å²) in [6, 6.07) is 9.82. The quantitative estimate of drug-likeness (QED) is 0.897. The van der Waals surface area contributed by atoms with E-state index in [1.54, 1.807) is 18.9 Å². The van der Waals surface area contributed by atoms with Crippen LogP contribution < -0.4 is 0 Å². The molecule has 1 saturated carbocycles. The average Bonchev–Trinajstić information content (AvgIpc) is 2.38. The SMILES string of the molecule is CC(CN(C)C(=O)C1(c2ccccc2)CCC1)C(=O)O. The summed E-state index contributed by atoms with van der Waals surface area (Å²) < 4.78 is 0. The van der Waals surface area contributed by atoms with Crippen molar-refractivity contribution in [1.29, 1.82) is 0 Å². The van der Waals surface area contributed by atoms with Crippen molar-refractivity contribution in [2.75, 3.05) is 13.6 Å². The summed E-state index contributed by atoms with van der Waals surface area (Å²) in [6.45, 7) is 1.88. The molecule has 4 heteroatoms. The van der Waals surface area contributed by atoms with Crippen molar-refractivity contribution in [3.8, 4) is 0 Å². The highest BCUT2D eigenvalue weighted by molar-refractivity contribution is 5.89. The van der Waals surface area contributed by atoms with Crippen LogP contribution in [0.3, 0.4) is 0 Å². The lowest BCUT2D eigenvalue weighted by atomic mass is 9.63. The number of rotatable bonds is 5. The molecule has 1 aromatic carbocycles. The normalized spacial score (nSPS) is 17.9. The molecule has 108 valence electrons. The summed E-state index contributed by atoms with van der Waals surface area (Å²) in [4.78, 5) is 25.2. The zero-order valence-electron chi connectivity index (χ0n) is 12.0. The highest BCUT2D eigenvalue weighted by atomic mass is 16.4. The molecule has 1 aliphatic carbocycles. The third-order valence-electron chi connectivity index (χ3n) is 4.26. The van der Waals surface area contributed by atoms with Gasteiger partial charge in [0.1, 0.15) is 0 Å². The number of carbonyl (C=O) groups excluding carboxylic acids is 1. The Morgan fingerprint density at radius 2 is 1.90 bits per heavy atom. The zero-order chi connectivity index (χ0) is 14.8. The number of likely N-dealkylation sites (N-methyl/N-ethyl adjacent to an activating group) is 1. The highest BCUT2D eigenvalue weighted by Crippen LogP contribution is 2.45. The van der Waals surface area contributed by atoms with Crippen LogP contribution in [0.4, 0.5) is 0 Å². The minimum Gasteiger partial charge on any atom is -0.481 e. The Morgan fingerprint density at radius 1 is 1.30 bits per heavy atom. The van der Waals surface area contributed by atoms with Crippen molar-refractivity contribution in [3.63, 3.8) is 0 Å².